The summed E-state index contributed by atoms with van der Waals surface area (Å²) in [6, 6.07) is 0. The van der Waals surface area contributed by atoms with Crippen molar-refractivity contribution in [2.24, 2.45) is 0 Å². The summed E-state index contributed by atoms with van der Waals surface area (Å²) >= 11 is 0. The Morgan fingerprint density at radius 1 is 1.04 bits per heavy atom. The van der Waals surface area contributed by atoms with Crippen molar-refractivity contribution in [3.63, 3.8) is 0 Å². The van der Waals surface area contributed by atoms with Crippen molar-refractivity contribution in [2.45, 2.75) is 67.9 Å². The molecule has 4 bridgehead atoms. The molecule has 7 nitrogen and oxygen atoms in total. The fourth-order valence-electron chi connectivity index (χ4n) is 5.38. The number of hydrogen-bond donors (Lipinski definition) is 2. The predicted octanol–water partition coefficient (Wildman–Crippen LogP) is 0.616. The third-order valence-corrected chi connectivity index (χ3v) is 5.19. The van der Waals surface area contributed by atoms with E-state index in [1.807, 2.05) is 6.92 Å². The van der Waals surface area contributed by atoms with Gasteiger partial charge in [0.2, 0.25) is 0 Å². The molecule has 0 aliphatic heterocycles. The van der Waals surface area contributed by atoms with Gasteiger partial charge in [-0.15, -0.1) is 0 Å². The normalized spacial score (nSPS) is 42.6. The molecule has 4 saturated carbocycles. The first-order valence-corrected chi connectivity index (χ1v) is 8.25. The lowest BCUT2D eigenvalue weighted by atomic mass is 9.48. The largest absolute Gasteiger partial charge is 0.456 e. The second-order valence-electron chi connectivity index (χ2n) is 7.59. The Morgan fingerprint density at radius 2 is 1.62 bits per heavy atom. The van der Waals surface area contributed by atoms with Crippen molar-refractivity contribution in [3.05, 3.63) is 12.7 Å². The molecule has 7 heteroatoms. The maximum atomic E-state index is 12.1. The molecule has 0 amide bonds. The number of aliphatic hydroxyl groups is 2. The topological polar surface area (TPSA) is 102 Å². The molecule has 134 valence electrons. The van der Waals surface area contributed by atoms with E-state index in [1.165, 1.54) is 0 Å². The van der Waals surface area contributed by atoms with Gasteiger partial charge in [0.25, 0.3) is 0 Å². The monoisotopic (exact) mass is 340 g/mol. The number of esters is 2. The van der Waals surface area contributed by atoms with Gasteiger partial charge in [0.1, 0.15) is 5.60 Å². The molecule has 0 aromatic carbocycles. The molecular formula is C17H24O7. The van der Waals surface area contributed by atoms with Gasteiger partial charge in [0.05, 0.1) is 16.8 Å². The molecule has 0 radical (unpaired) electrons. The van der Waals surface area contributed by atoms with Crippen LogP contribution in [0.25, 0.3) is 0 Å². The molecule has 2 N–H and O–H groups in total. The van der Waals surface area contributed by atoms with Gasteiger partial charge in [-0.25, -0.2) is 9.59 Å². The van der Waals surface area contributed by atoms with Gasteiger partial charge >= 0.3 is 11.9 Å². The summed E-state index contributed by atoms with van der Waals surface area (Å²) in [5, 5.41) is 21.7. The van der Waals surface area contributed by atoms with E-state index in [4.69, 9.17) is 14.2 Å². The summed E-state index contributed by atoms with van der Waals surface area (Å²) in [5.41, 5.74) is -3.91. The van der Waals surface area contributed by atoms with Gasteiger partial charge in [-0.2, -0.15) is 0 Å². The van der Waals surface area contributed by atoms with E-state index in [2.05, 4.69) is 6.58 Å². The minimum atomic E-state index is -1.11. The van der Waals surface area contributed by atoms with Crippen molar-refractivity contribution < 1.29 is 34.0 Å². The first-order chi connectivity index (χ1) is 11.2. The summed E-state index contributed by atoms with van der Waals surface area (Å²) in [5.74, 6) is -1.41. The van der Waals surface area contributed by atoms with Crippen molar-refractivity contribution in [3.8, 4) is 0 Å². The van der Waals surface area contributed by atoms with E-state index in [1.54, 1.807) is 0 Å². The highest BCUT2D eigenvalue weighted by Gasteiger charge is 2.70. The van der Waals surface area contributed by atoms with Crippen molar-refractivity contribution in [1.29, 1.82) is 0 Å². The van der Waals surface area contributed by atoms with Crippen LogP contribution in [0.15, 0.2) is 12.7 Å². The summed E-state index contributed by atoms with van der Waals surface area (Å²) in [6.45, 7) is 5.05. The Hall–Kier alpha value is -1.44. The van der Waals surface area contributed by atoms with Gasteiger partial charge in [0.15, 0.2) is 6.61 Å². The first kappa shape index (κ1) is 17.4. The highest BCUT2D eigenvalue weighted by Crippen LogP contribution is 2.63. The molecule has 0 aromatic heterocycles. The number of rotatable bonds is 6. The molecule has 4 aliphatic rings. The molecule has 4 rings (SSSR count). The molecule has 0 saturated heterocycles. The Bertz CT molecular complexity index is 551. The summed E-state index contributed by atoms with van der Waals surface area (Å²) in [4.78, 5) is 23.2. The van der Waals surface area contributed by atoms with Crippen LogP contribution in [-0.4, -0.2) is 57.8 Å². The van der Waals surface area contributed by atoms with Crippen LogP contribution in [0, 0.1) is 0 Å². The first-order valence-electron chi connectivity index (χ1n) is 8.25. The van der Waals surface area contributed by atoms with Crippen LogP contribution < -0.4 is 0 Å². The van der Waals surface area contributed by atoms with Gasteiger partial charge in [0, 0.05) is 51.2 Å². The predicted molar refractivity (Wildman–Crippen MR) is 81.9 cm³/mol. The molecule has 2 atom stereocenters. The van der Waals surface area contributed by atoms with Crippen LogP contribution in [0.4, 0.5) is 0 Å². The quantitative estimate of drug-likeness (QED) is 0.540. The van der Waals surface area contributed by atoms with Crippen LogP contribution in [0.3, 0.4) is 0 Å². The van der Waals surface area contributed by atoms with Gasteiger partial charge < -0.3 is 24.4 Å². The van der Waals surface area contributed by atoms with Crippen LogP contribution >= 0.6 is 0 Å². The minimum Gasteiger partial charge on any atom is -0.456 e. The fraction of sp³-hybridized carbons (Fsp3) is 0.765. The highest BCUT2D eigenvalue weighted by atomic mass is 16.6. The Balaban J connectivity index is 1.78. The average Bonchev–Trinajstić information content (AvgIpc) is 2.40. The molecule has 2 unspecified atom stereocenters. The smallest absolute Gasteiger partial charge is 0.344 e. The van der Waals surface area contributed by atoms with Crippen LogP contribution in [0.1, 0.15) is 45.4 Å². The number of ether oxygens (including phenoxy) is 3. The summed E-state index contributed by atoms with van der Waals surface area (Å²) in [6.07, 6.45) is 3.05. The van der Waals surface area contributed by atoms with Crippen LogP contribution in [0.5, 0.6) is 0 Å². The van der Waals surface area contributed by atoms with Gasteiger partial charge in [-0.3, -0.25) is 0 Å². The minimum absolute atomic E-state index is 0.262. The number of hydrogen-bond acceptors (Lipinski definition) is 7. The average molecular weight is 340 g/mol. The van der Waals surface area contributed by atoms with E-state index in [9.17, 15) is 19.8 Å². The summed E-state index contributed by atoms with van der Waals surface area (Å²) in [7, 11) is 0. The van der Waals surface area contributed by atoms with Crippen LogP contribution in [-0.2, 0) is 23.8 Å². The number of carbonyl (C=O) groups is 2. The van der Waals surface area contributed by atoms with E-state index in [0.717, 1.165) is 6.08 Å². The maximum absolute atomic E-state index is 12.1. The highest BCUT2D eigenvalue weighted by molar-refractivity contribution is 5.83. The van der Waals surface area contributed by atoms with E-state index in [-0.39, 0.29) is 19.3 Å². The van der Waals surface area contributed by atoms with E-state index in [0.29, 0.717) is 25.9 Å². The Kier molecular flexibility index (Phi) is 4.01. The molecule has 24 heavy (non-hydrogen) atoms. The van der Waals surface area contributed by atoms with Gasteiger partial charge in [-0.1, -0.05) is 6.58 Å². The maximum Gasteiger partial charge on any atom is 0.344 e. The molecule has 4 aliphatic carbocycles. The molecule has 0 spiro atoms. The molecule has 0 aromatic rings. The van der Waals surface area contributed by atoms with Crippen LogP contribution in [0.2, 0.25) is 0 Å². The van der Waals surface area contributed by atoms with E-state index < -0.39 is 40.9 Å². The third kappa shape index (κ3) is 3.08. The summed E-state index contributed by atoms with van der Waals surface area (Å²) < 4.78 is 16.2. The van der Waals surface area contributed by atoms with Crippen molar-refractivity contribution in [1.82, 2.24) is 0 Å². The molecule has 0 heterocycles. The van der Waals surface area contributed by atoms with Crippen molar-refractivity contribution in [2.75, 3.05) is 13.2 Å². The zero-order valence-corrected chi connectivity index (χ0v) is 13.9. The third-order valence-electron chi connectivity index (χ3n) is 5.19. The lowest BCUT2D eigenvalue weighted by Gasteiger charge is -2.66. The zero-order valence-electron chi connectivity index (χ0n) is 13.9. The SMILES string of the molecule is C=CC(=O)OCC(=O)OC12CC3(O)CC(O)(CC(OCC)(C3)C1)C2. The zero-order chi connectivity index (χ0) is 17.6. The Morgan fingerprint density at radius 3 is 2.17 bits per heavy atom. The Labute approximate surface area is 140 Å². The standard InChI is InChI=1S/C17H24O7/c1-3-12(18)22-5-13(19)24-17-9-14(20)6-15(21,10-17)8-16(7-14,11-17)23-4-2/h3,20-21H,1,4-11H2,2H3. The number of carbonyl (C=O) groups excluding carboxylic acids is 2. The molecular weight excluding hydrogens is 316 g/mol. The molecule has 4 fully saturated rings. The lowest BCUT2D eigenvalue weighted by Crippen LogP contribution is -2.73. The van der Waals surface area contributed by atoms with Gasteiger partial charge in [-0.05, 0) is 6.92 Å². The second kappa shape index (κ2) is 5.54. The van der Waals surface area contributed by atoms with E-state index >= 15 is 0 Å². The second-order valence-corrected chi connectivity index (χ2v) is 7.59. The lowest BCUT2D eigenvalue weighted by molar-refractivity contribution is -0.310. The fourth-order valence-corrected chi connectivity index (χ4v) is 5.38. The van der Waals surface area contributed by atoms with Crippen molar-refractivity contribution >= 4 is 11.9 Å².